The third-order valence-corrected chi connectivity index (χ3v) is 3.89. The van der Waals surface area contributed by atoms with Crippen LogP contribution in [0.5, 0.6) is 0 Å². The summed E-state index contributed by atoms with van der Waals surface area (Å²) in [6, 6.07) is 9.80. The van der Waals surface area contributed by atoms with Gasteiger partial charge in [0.25, 0.3) is 0 Å². The van der Waals surface area contributed by atoms with Crippen LogP contribution in [-0.2, 0) is 11.2 Å². The van der Waals surface area contributed by atoms with Gasteiger partial charge in [0.1, 0.15) is 11.9 Å². The Labute approximate surface area is 121 Å². The van der Waals surface area contributed by atoms with Gasteiger partial charge in [0.2, 0.25) is 5.91 Å². The molecule has 3 nitrogen and oxygen atoms in total. The number of hydrogen-bond acceptors (Lipinski definition) is 3. The number of benzene rings is 1. The van der Waals surface area contributed by atoms with Crippen molar-refractivity contribution in [1.82, 2.24) is 5.32 Å². The number of thiophene rings is 1. The van der Waals surface area contributed by atoms with Gasteiger partial charge in [-0.05, 0) is 35.6 Å². The van der Waals surface area contributed by atoms with E-state index >= 15 is 0 Å². The van der Waals surface area contributed by atoms with E-state index in [0.29, 0.717) is 12.8 Å². The summed E-state index contributed by atoms with van der Waals surface area (Å²) in [6.07, 6.45) is 0.217. The summed E-state index contributed by atoms with van der Waals surface area (Å²) >= 11 is 1.46. The molecule has 2 rings (SSSR count). The second-order valence-corrected chi connectivity index (χ2v) is 5.44. The molecule has 0 aliphatic heterocycles. The van der Waals surface area contributed by atoms with Crippen LogP contribution in [0.1, 0.15) is 23.0 Å². The lowest BCUT2D eigenvalue weighted by Crippen LogP contribution is -2.28. The van der Waals surface area contributed by atoms with E-state index < -0.39 is 6.10 Å². The van der Waals surface area contributed by atoms with Crippen molar-refractivity contribution in [1.29, 1.82) is 0 Å². The first-order chi connectivity index (χ1) is 9.65. The number of aryl methyl sites for hydroxylation is 1. The minimum Gasteiger partial charge on any atom is -0.386 e. The lowest BCUT2D eigenvalue weighted by molar-refractivity contribution is -0.121. The molecule has 1 atom stereocenters. The molecule has 1 aromatic heterocycles. The zero-order valence-corrected chi connectivity index (χ0v) is 11.7. The fraction of sp³-hybridized carbons (Fsp3) is 0.267. The smallest absolute Gasteiger partial charge is 0.220 e. The topological polar surface area (TPSA) is 49.3 Å². The molecule has 5 heteroatoms. The SMILES string of the molecule is O=C(CCc1ccc(F)cc1)NCC(O)c1cccs1. The van der Waals surface area contributed by atoms with Gasteiger partial charge in [0.15, 0.2) is 0 Å². The van der Waals surface area contributed by atoms with Crippen LogP contribution >= 0.6 is 11.3 Å². The highest BCUT2D eigenvalue weighted by Gasteiger charge is 2.10. The summed E-state index contributed by atoms with van der Waals surface area (Å²) in [6.45, 7) is 0.211. The number of hydrogen-bond donors (Lipinski definition) is 2. The Bertz CT molecular complexity index is 540. The van der Waals surface area contributed by atoms with E-state index in [1.165, 1.54) is 23.5 Å². The second-order valence-electron chi connectivity index (χ2n) is 4.46. The highest BCUT2D eigenvalue weighted by molar-refractivity contribution is 7.10. The standard InChI is InChI=1S/C15H16FNO2S/c16-12-6-3-11(4-7-12)5-8-15(19)17-10-13(18)14-2-1-9-20-14/h1-4,6-7,9,13,18H,5,8,10H2,(H,17,19). The van der Waals surface area contributed by atoms with E-state index in [1.54, 1.807) is 12.1 Å². The molecule has 1 aromatic carbocycles. The summed E-state index contributed by atoms with van der Waals surface area (Å²) in [7, 11) is 0. The van der Waals surface area contributed by atoms with Crippen molar-refractivity contribution in [3.63, 3.8) is 0 Å². The molecule has 1 amide bonds. The number of amides is 1. The molecule has 0 aliphatic rings. The maximum absolute atomic E-state index is 12.7. The molecule has 0 saturated heterocycles. The van der Waals surface area contributed by atoms with Gasteiger partial charge in [0.05, 0.1) is 0 Å². The van der Waals surface area contributed by atoms with Gasteiger partial charge in [-0.1, -0.05) is 18.2 Å². The fourth-order valence-electron chi connectivity index (χ4n) is 1.79. The predicted molar refractivity (Wildman–Crippen MR) is 77.0 cm³/mol. The summed E-state index contributed by atoms with van der Waals surface area (Å²) in [5.74, 6) is -0.401. The minimum atomic E-state index is -0.662. The molecule has 0 fully saturated rings. The van der Waals surface area contributed by atoms with Gasteiger partial charge >= 0.3 is 0 Å². The zero-order chi connectivity index (χ0) is 14.4. The second kappa shape index (κ2) is 7.17. The fourth-order valence-corrected chi connectivity index (χ4v) is 2.50. The Balaban J connectivity index is 1.71. The van der Waals surface area contributed by atoms with Gasteiger partial charge < -0.3 is 10.4 Å². The van der Waals surface area contributed by atoms with Crippen molar-refractivity contribution >= 4 is 17.2 Å². The lowest BCUT2D eigenvalue weighted by Gasteiger charge is -2.10. The van der Waals surface area contributed by atoms with E-state index in [0.717, 1.165) is 10.4 Å². The van der Waals surface area contributed by atoms with Crippen LogP contribution in [0.15, 0.2) is 41.8 Å². The molecule has 0 radical (unpaired) electrons. The van der Waals surface area contributed by atoms with Crippen molar-refractivity contribution in [2.75, 3.05) is 6.54 Å². The third-order valence-electron chi connectivity index (χ3n) is 2.92. The number of carbonyl (C=O) groups is 1. The molecule has 2 N–H and O–H groups in total. The number of nitrogens with one attached hydrogen (secondary N) is 1. The normalized spacial score (nSPS) is 12.1. The first-order valence-corrected chi connectivity index (χ1v) is 7.26. The van der Waals surface area contributed by atoms with Crippen LogP contribution in [0.4, 0.5) is 4.39 Å². The molecule has 0 spiro atoms. The number of halogens is 1. The van der Waals surface area contributed by atoms with Crippen LogP contribution in [0.2, 0.25) is 0 Å². The molecule has 1 unspecified atom stereocenters. The van der Waals surface area contributed by atoms with Crippen LogP contribution < -0.4 is 5.32 Å². The van der Waals surface area contributed by atoms with Gasteiger partial charge in [-0.25, -0.2) is 4.39 Å². The molecular weight excluding hydrogens is 277 g/mol. The highest BCUT2D eigenvalue weighted by Crippen LogP contribution is 2.17. The predicted octanol–water partition coefficient (Wildman–Crippen LogP) is 2.67. The minimum absolute atomic E-state index is 0.120. The Hall–Kier alpha value is -1.72. The van der Waals surface area contributed by atoms with Crippen LogP contribution in [0.25, 0.3) is 0 Å². The maximum Gasteiger partial charge on any atom is 0.220 e. The van der Waals surface area contributed by atoms with Crippen LogP contribution in [0, 0.1) is 5.82 Å². The van der Waals surface area contributed by atoms with Crippen LogP contribution in [-0.4, -0.2) is 17.6 Å². The monoisotopic (exact) mass is 293 g/mol. The van der Waals surface area contributed by atoms with E-state index in [1.807, 2.05) is 17.5 Å². The van der Waals surface area contributed by atoms with Crippen molar-refractivity contribution < 1.29 is 14.3 Å². The summed E-state index contributed by atoms with van der Waals surface area (Å²) in [5, 5.41) is 14.4. The Morgan fingerprint density at radius 3 is 2.70 bits per heavy atom. The van der Waals surface area contributed by atoms with Crippen molar-refractivity contribution in [3.05, 3.63) is 58.0 Å². The number of aliphatic hydroxyl groups is 1. The van der Waals surface area contributed by atoms with Crippen molar-refractivity contribution in [3.8, 4) is 0 Å². The van der Waals surface area contributed by atoms with Gasteiger partial charge in [-0.3, -0.25) is 4.79 Å². The summed E-state index contributed by atoms with van der Waals surface area (Å²) < 4.78 is 12.7. The molecule has 0 bridgehead atoms. The average molecular weight is 293 g/mol. The molecule has 0 saturated carbocycles. The van der Waals surface area contributed by atoms with Gasteiger partial charge in [-0.15, -0.1) is 11.3 Å². The lowest BCUT2D eigenvalue weighted by atomic mass is 10.1. The molecule has 20 heavy (non-hydrogen) atoms. The number of aliphatic hydroxyl groups excluding tert-OH is 1. The first kappa shape index (κ1) is 14.7. The molecule has 0 aliphatic carbocycles. The van der Waals surface area contributed by atoms with E-state index in [-0.39, 0.29) is 18.3 Å². The summed E-state index contributed by atoms with van der Waals surface area (Å²) in [4.78, 5) is 12.5. The van der Waals surface area contributed by atoms with Gasteiger partial charge in [0, 0.05) is 17.8 Å². The molecular formula is C15H16FNO2S. The Morgan fingerprint density at radius 2 is 2.05 bits per heavy atom. The van der Waals surface area contributed by atoms with E-state index in [2.05, 4.69) is 5.32 Å². The Morgan fingerprint density at radius 1 is 1.30 bits per heavy atom. The Kier molecular flexibility index (Phi) is 5.26. The molecule has 106 valence electrons. The van der Waals surface area contributed by atoms with E-state index in [4.69, 9.17) is 0 Å². The quantitative estimate of drug-likeness (QED) is 0.860. The zero-order valence-electron chi connectivity index (χ0n) is 10.9. The highest BCUT2D eigenvalue weighted by atomic mass is 32.1. The average Bonchev–Trinajstić information content (AvgIpc) is 2.98. The van der Waals surface area contributed by atoms with Crippen molar-refractivity contribution in [2.45, 2.75) is 18.9 Å². The van der Waals surface area contributed by atoms with Gasteiger partial charge in [-0.2, -0.15) is 0 Å². The third kappa shape index (κ3) is 4.43. The molecule has 1 heterocycles. The number of rotatable bonds is 6. The van der Waals surface area contributed by atoms with Crippen molar-refractivity contribution in [2.24, 2.45) is 0 Å². The largest absolute Gasteiger partial charge is 0.386 e. The molecule has 2 aromatic rings. The van der Waals surface area contributed by atoms with E-state index in [9.17, 15) is 14.3 Å². The number of carbonyl (C=O) groups excluding carboxylic acids is 1. The first-order valence-electron chi connectivity index (χ1n) is 6.38. The van der Waals surface area contributed by atoms with Crippen LogP contribution in [0.3, 0.4) is 0 Å². The summed E-state index contributed by atoms with van der Waals surface area (Å²) in [5.41, 5.74) is 0.917. The maximum atomic E-state index is 12.7.